The Morgan fingerprint density at radius 1 is 0.963 bits per heavy atom. The predicted octanol–water partition coefficient (Wildman–Crippen LogP) is 4.33. The van der Waals surface area contributed by atoms with Gasteiger partial charge in [-0.15, -0.1) is 16.4 Å². The molecule has 0 saturated carbocycles. The van der Waals surface area contributed by atoms with Crippen LogP contribution in [0.4, 0.5) is 0 Å². The molecule has 0 atom stereocenters. The van der Waals surface area contributed by atoms with Gasteiger partial charge in [0.2, 0.25) is 5.16 Å². The van der Waals surface area contributed by atoms with Crippen LogP contribution in [0.5, 0.6) is 0 Å². The molecular weight excluding hydrogens is 376 g/mol. The van der Waals surface area contributed by atoms with Crippen LogP contribution in [0.2, 0.25) is 0 Å². The molecule has 3 aromatic heterocycles. The van der Waals surface area contributed by atoms with Gasteiger partial charge in [0.25, 0.3) is 0 Å². The summed E-state index contributed by atoms with van der Waals surface area (Å²) in [5, 5.41) is 15.0. The zero-order valence-electron chi connectivity index (χ0n) is 14.1. The van der Waals surface area contributed by atoms with Crippen LogP contribution in [0.25, 0.3) is 21.9 Å². The van der Waals surface area contributed by atoms with Gasteiger partial charge in [-0.2, -0.15) is 4.68 Å². The summed E-state index contributed by atoms with van der Waals surface area (Å²) in [4.78, 5) is 5.83. The monoisotopic (exact) mass is 390 g/mol. The van der Waals surface area contributed by atoms with Crippen molar-refractivity contribution in [1.29, 1.82) is 0 Å². The van der Waals surface area contributed by atoms with Crippen LogP contribution in [-0.2, 0) is 5.75 Å². The largest absolute Gasteiger partial charge is 0.293 e. The van der Waals surface area contributed by atoms with Gasteiger partial charge in [-0.1, -0.05) is 60.3 Å². The van der Waals surface area contributed by atoms with E-state index in [0.29, 0.717) is 0 Å². The Morgan fingerprint density at radius 3 is 2.56 bits per heavy atom. The van der Waals surface area contributed by atoms with E-state index in [1.165, 1.54) is 0 Å². The van der Waals surface area contributed by atoms with E-state index in [1.807, 2.05) is 48.5 Å². The van der Waals surface area contributed by atoms with E-state index in [1.54, 1.807) is 27.8 Å². The Hall–Kier alpha value is -2.97. The first-order valence-electron chi connectivity index (χ1n) is 8.36. The number of fused-ring (bicyclic) bond motifs is 1. The lowest BCUT2D eigenvalue weighted by Gasteiger charge is -2.06. The van der Waals surface area contributed by atoms with E-state index in [-0.39, 0.29) is 0 Å². The standard InChI is InChI=1S/C19H14N6S2/c1-3-7-14(8-4-1)17-16(24-11-12-26-18(24)20-17)13-27-19-21-22-23-25(19)15-9-5-2-6-10-15/h1-12H,13H2. The summed E-state index contributed by atoms with van der Waals surface area (Å²) in [6.07, 6.45) is 2.06. The number of tetrazole rings is 1. The summed E-state index contributed by atoms with van der Waals surface area (Å²) in [6, 6.07) is 20.2. The Balaban J connectivity index is 1.50. The first-order chi connectivity index (χ1) is 13.4. The minimum atomic E-state index is 0.718. The van der Waals surface area contributed by atoms with Crippen LogP contribution in [0, 0.1) is 0 Å². The highest BCUT2D eigenvalue weighted by Gasteiger charge is 2.17. The third kappa shape index (κ3) is 3.02. The molecule has 0 aliphatic heterocycles. The van der Waals surface area contributed by atoms with Gasteiger partial charge in [-0.3, -0.25) is 4.40 Å². The van der Waals surface area contributed by atoms with Crippen molar-refractivity contribution in [3.63, 3.8) is 0 Å². The maximum atomic E-state index is 4.83. The number of thioether (sulfide) groups is 1. The van der Waals surface area contributed by atoms with Crippen LogP contribution in [0.3, 0.4) is 0 Å². The molecule has 0 unspecified atom stereocenters. The molecule has 0 aliphatic rings. The van der Waals surface area contributed by atoms with Crippen molar-refractivity contribution < 1.29 is 0 Å². The predicted molar refractivity (Wildman–Crippen MR) is 107 cm³/mol. The Bertz CT molecular complexity index is 1180. The third-order valence-electron chi connectivity index (χ3n) is 4.19. The summed E-state index contributed by atoms with van der Waals surface area (Å²) in [5.41, 5.74) is 4.22. The average Bonchev–Trinajstić information content (AvgIpc) is 3.44. The fraction of sp³-hybridized carbons (Fsp3) is 0.0526. The van der Waals surface area contributed by atoms with Crippen molar-refractivity contribution in [2.75, 3.05) is 0 Å². The molecule has 8 heteroatoms. The summed E-state index contributed by atoms with van der Waals surface area (Å²) in [5.74, 6) is 0.718. The van der Waals surface area contributed by atoms with Gasteiger partial charge < -0.3 is 0 Å². The van der Waals surface area contributed by atoms with Crippen molar-refractivity contribution in [3.05, 3.63) is 77.9 Å². The molecule has 0 fully saturated rings. The lowest BCUT2D eigenvalue weighted by molar-refractivity contribution is 0.756. The smallest absolute Gasteiger partial charge is 0.214 e. The maximum absolute atomic E-state index is 4.83. The van der Waals surface area contributed by atoms with Crippen molar-refractivity contribution in [1.82, 2.24) is 29.6 Å². The highest BCUT2D eigenvalue weighted by Crippen LogP contribution is 2.31. The Labute approximate surface area is 163 Å². The number of nitrogens with zero attached hydrogens (tertiary/aromatic N) is 6. The lowest BCUT2D eigenvalue weighted by Crippen LogP contribution is -1.99. The van der Waals surface area contributed by atoms with Gasteiger partial charge in [-0.25, -0.2) is 4.98 Å². The topological polar surface area (TPSA) is 60.9 Å². The molecule has 0 bridgehead atoms. The van der Waals surface area contributed by atoms with Gasteiger partial charge in [0.1, 0.15) is 0 Å². The normalized spacial score (nSPS) is 11.3. The molecule has 0 radical (unpaired) electrons. The van der Waals surface area contributed by atoms with E-state index in [4.69, 9.17) is 4.98 Å². The zero-order valence-corrected chi connectivity index (χ0v) is 15.8. The van der Waals surface area contributed by atoms with Crippen molar-refractivity contribution in [3.8, 4) is 16.9 Å². The van der Waals surface area contributed by atoms with Crippen LogP contribution in [-0.4, -0.2) is 29.6 Å². The highest BCUT2D eigenvalue weighted by molar-refractivity contribution is 7.98. The number of hydrogen-bond donors (Lipinski definition) is 0. The number of benzene rings is 2. The summed E-state index contributed by atoms with van der Waals surface area (Å²) >= 11 is 3.24. The molecule has 0 N–H and O–H groups in total. The number of hydrogen-bond acceptors (Lipinski definition) is 6. The van der Waals surface area contributed by atoms with Gasteiger partial charge in [0.05, 0.1) is 17.1 Å². The quantitative estimate of drug-likeness (QED) is 0.418. The SMILES string of the molecule is c1ccc(-c2nc3sccn3c2CSc2nnnn2-c2ccccc2)cc1. The lowest BCUT2D eigenvalue weighted by atomic mass is 10.1. The van der Waals surface area contributed by atoms with E-state index in [0.717, 1.165) is 38.5 Å². The second-order valence-electron chi connectivity index (χ2n) is 5.83. The van der Waals surface area contributed by atoms with Crippen molar-refractivity contribution >= 4 is 28.1 Å². The fourth-order valence-corrected chi connectivity index (χ4v) is 4.56. The highest BCUT2D eigenvalue weighted by atomic mass is 32.2. The van der Waals surface area contributed by atoms with Crippen LogP contribution in [0.15, 0.2) is 77.4 Å². The molecule has 0 spiro atoms. The number of para-hydroxylation sites is 1. The minimum absolute atomic E-state index is 0.718. The zero-order chi connectivity index (χ0) is 18.1. The summed E-state index contributed by atoms with van der Waals surface area (Å²) < 4.78 is 3.91. The van der Waals surface area contributed by atoms with Gasteiger partial charge in [-0.05, 0) is 22.6 Å². The van der Waals surface area contributed by atoms with Crippen molar-refractivity contribution in [2.45, 2.75) is 10.9 Å². The summed E-state index contributed by atoms with van der Waals surface area (Å²) in [7, 11) is 0. The maximum Gasteiger partial charge on any atom is 0.214 e. The molecule has 132 valence electrons. The Kier molecular flexibility index (Phi) is 4.19. The van der Waals surface area contributed by atoms with Gasteiger partial charge in [0.15, 0.2) is 4.96 Å². The van der Waals surface area contributed by atoms with E-state index >= 15 is 0 Å². The minimum Gasteiger partial charge on any atom is -0.293 e. The molecule has 6 nitrogen and oxygen atoms in total. The third-order valence-corrected chi connectivity index (χ3v) is 5.88. The molecule has 0 amide bonds. The van der Waals surface area contributed by atoms with E-state index in [9.17, 15) is 0 Å². The number of aromatic nitrogens is 6. The van der Waals surface area contributed by atoms with E-state index in [2.05, 4.69) is 43.6 Å². The number of imidazole rings is 1. The van der Waals surface area contributed by atoms with Crippen molar-refractivity contribution in [2.24, 2.45) is 0 Å². The molecule has 0 aliphatic carbocycles. The molecular formula is C19H14N6S2. The van der Waals surface area contributed by atoms with E-state index < -0.39 is 0 Å². The molecule has 5 rings (SSSR count). The number of thiazole rings is 1. The second kappa shape index (κ2) is 6.98. The fourth-order valence-electron chi connectivity index (χ4n) is 2.93. The van der Waals surface area contributed by atoms with Gasteiger partial charge in [0, 0.05) is 22.9 Å². The van der Waals surface area contributed by atoms with Crippen LogP contribution in [0.1, 0.15) is 5.69 Å². The average molecular weight is 390 g/mol. The number of rotatable bonds is 5. The second-order valence-corrected chi connectivity index (χ2v) is 7.64. The summed E-state index contributed by atoms with van der Waals surface area (Å²) in [6.45, 7) is 0. The first kappa shape index (κ1) is 16.2. The molecule has 0 saturated heterocycles. The molecule has 2 aromatic carbocycles. The Morgan fingerprint density at radius 2 is 1.74 bits per heavy atom. The first-order valence-corrected chi connectivity index (χ1v) is 10.2. The van der Waals surface area contributed by atoms with Crippen LogP contribution >= 0.6 is 23.1 Å². The molecule has 3 heterocycles. The molecule has 5 aromatic rings. The van der Waals surface area contributed by atoms with Gasteiger partial charge >= 0.3 is 0 Å². The molecule has 27 heavy (non-hydrogen) atoms. The van der Waals surface area contributed by atoms with Crippen LogP contribution < -0.4 is 0 Å².